The number of carbonyl (C=O) groups excluding carboxylic acids is 1. The van der Waals surface area contributed by atoms with Gasteiger partial charge in [0.15, 0.2) is 0 Å². The van der Waals surface area contributed by atoms with Crippen molar-refractivity contribution in [1.82, 2.24) is 9.21 Å². The van der Waals surface area contributed by atoms with Crippen LogP contribution in [0.15, 0.2) is 29.2 Å². The summed E-state index contributed by atoms with van der Waals surface area (Å²) in [4.78, 5) is 14.6. The Morgan fingerprint density at radius 3 is 2.12 bits per heavy atom. The van der Waals surface area contributed by atoms with E-state index in [-0.39, 0.29) is 36.3 Å². The first kappa shape index (κ1) is 21.0. The zero-order valence-corrected chi connectivity index (χ0v) is 16.5. The average Bonchev–Trinajstić information content (AvgIpc) is 3.09. The lowest BCUT2D eigenvalue weighted by molar-refractivity contribution is -0.138. The molecule has 2 aliphatic rings. The summed E-state index contributed by atoms with van der Waals surface area (Å²) in [5.74, 6) is 0.575. The molecular formula is C17H26ClN3O4S. The van der Waals surface area contributed by atoms with Crippen LogP contribution < -0.4 is 10.5 Å². The van der Waals surface area contributed by atoms with Gasteiger partial charge in [-0.2, -0.15) is 4.31 Å². The molecule has 1 saturated heterocycles. The summed E-state index contributed by atoms with van der Waals surface area (Å²) >= 11 is 0. The quantitative estimate of drug-likeness (QED) is 0.815. The van der Waals surface area contributed by atoms with E-state index in [1.807, 2.05) is 0 Å². The lowest BCUT2D eigenvalue weighted by Crippen LogP contribution is -2.59. The molecule has 1 aromatic rings. The van der Waals surface area contributed by atoms with Crippen molar-refractivity contribution in [2.75, 3.05) is 33.3 Å². The molecule has 3 rings (SSSR count). The lowest BCUT2D eigenvalue weighted by Gasteiger charge is -2.37. The summed E-state index contributed by atoms with van der Waals surface area (Å²) in [6.45, 7) is 1.34. The lowest BCUT2D eigenvalue weighted by atomic mass is 9.97. The van der Waals surface area contributed by atoms with Gasteiger partial charge >= 0.3 is 0 Å². The van der Waals surface area contributed by atoms with Crippen LogP contribution in [0, 0.1) is 0 Å². The van der Waals surface area contributed by atoms with E-state index in [1.165, 1.54) is 11.4 Å². The van der Waals surface area contributed by atoms with E-state index in [2.05, 4.69) is 0 Å². The molecule has 7 nitrogen and oxygen atoms in total. The number of hydrogen-bond acceptors (Lipinski definition) is 5. The van der Waals surface area contributed by atoms with E-state index in [9.17, 15) is 13.2 Å². The van der Waals surface area contributed by atoms with Gasteiger partial charge in [-0.15, -0.1) is 12.4 Å². The fourth-order valence-electron chi connectivity index (χ4n) is 3.56. The number of benzene rings is 1. The molecule has 0 spiro atoms. The molecule has 1 amide bonds. The van der Waals surface area contributed by atoms with Crippen molar-refractivity contribution in [3.63, 3.8) is 0 Å². The van der Waals surface area contributed by atoms with Crippen LogP contribution >= 0.6 is 12.4 Å². The number of methoxy groups -OCH3 is 1. The van der Waals surface area contributed by atoms with Gasteiger partial charge in [0, 0.05) is 26.2 Å². The predicted octanol–water partition coefficient (Wildman–Crippen LogP) is 1.22. The Labute approximate surface area is 160 Å². The molecule has 0 atom stereocenters. The number of nitrogens with zero attached hydrogens (tertiary/aromatic N) is 2. The highest BCUT2D eigenvalue weighted by Gasteiger charge is 2.41. The Kier molecular flexibility index (Phi) is 6.55. The van der Waals surface area contributed by atoms with Crippen molar-refractivity contribution in [3.8, 4) is 5.75 Å². The van der Waals surface area contributed by atoms with Gasteiger partial charge in [0.1, 0.15) is 5.75 Å². The van der Waals surface area contributed by atoms with Crippen LogP contribution in [0.5, 0.6) is 5.75 Å². The fourth-order valence-corrected chi connectivity index (χ4v) is 4.99. The molecule has 1 aliphatic heterocycles. The van der Waals surface area contributed by atoms with Crippen LogP contribution in [0.25, 0.3) is 0 Å². The summed E-state index contributed by atoms with van der Waals surface area (Å²) in [6.07, 6.45) is 3.40. The first-order chi connectivity index (χ1) is 11.9. The number of carbonyl (C=O) groups is 1. The Hall–Kier alpha value is -1.35. The molecule has 0 aromatic heterocycles. The maximum atomic E-state index is 12.7. The smallest absolute Gasteiger partial charge is 0.243 e. The first-order valence-corrected chi connectivity index (χ1v) is 10.0. The molecule has 2 N–H and O–H groups in total. The summed E-state index contributed by atoms with van der Waals surface area (Å²) in [6, 6.07) is 6.34. The second-order valence-electron chi connectivity index (χ2n) is 6.74. The highest BCUT2D eigenvalue weighted by atomic mass is 35.5. The monoisotopic (exact) mass is 403 g/mol. The zero-order valence-electron chi connectivity index (χ0n) is 14.9. The zero-order chi connectivity index (χ0) is 18.1. The van der Waals surface area contributed by atoms with Crippen molar-refractivity contribution in [3.05, 3.63) is 24.3 Å². The van der Waals surface area contributed by atoms with Gasteiger partial charge in [0.25, 0.3) is 0 Å². The van der Waals surface area contributed by atoms with Crippen LogP contribution in [0.1, 0.15) is 25.7 Å². The molecule has 26 heavy (non-hydrogen) atoms. The second kappa shape index (κ2) is 8.12. The first-order valence-electron chi connectivity index (χ1n) is 8.59. The number of piperazine rings is 1. The molecule has 0 radical (unpaired) electrons. The standard InChI is InChI=1S/C17H25N3O4S.ClH/c1-24-14-4-6-15(7-5-14)25(22,23)20-12-10-19(11-13-20)16(21)17(18)8-2-3-9-17;/h4-7H,2-3,8-13,18H2,1H3;1H. The second-order valence-corrected chi connectivity index (χ2v) is 8.67. The average molecular weight is 404 g/mol. The molecule has 1 aromatic carbocycles. The molecule has 9 heteroatoms. The molecule has 0 bridgehead atoms. The van der Waals surface area contributed by atoms with Gasteiger partial charge in [-0.25, -0.2) is 8.42 Å². The minimum atomic E-state index is -3.56. The fraction of sp³-hybridized carbons (Fsp3) is 0.588. The van der Waals surface area contributed by atoms with Gasteiger partial charge in [0.05, 0.1) is 17.5 Å². The molecule has 0 unspecified atom stereocenters. The van der Waals surface area contributed by atoms with Crippen LogP contribution in [-0.4, -0.2) is 62.4 Å². The third kappa shape index (κ3) is 3.98. The number of ether oxygens (including phenoxy) is 1. The summed E-state index contributed by atoms with van der Waals surface area (Å²) in [5.41, 5.74) is 5.48. The van der Waals surface area contributed by atoms with Gasteiger partial charge in [-0.3, -0.25) is 4.79 Å². The number of halogens is 1. The van der Waals surface area contributed by atoms with Gasteiger partial charge < -0.3 is 15.4 Å². The van der Waals surface area contributed by atoms with E-state index in [0.29, 0.717) is 18.8 Å². The minimum Gasteiger partial charge on any atom is -0.497 e. The summed E-state index contributed by atoms with van der Waals surface area (Å²) in [5, 5.41) is 0. The topological polar surface area (TPSA) is 92.9 Å². The molecular weight excluding hydrogens is 378 g/mol. The predicted molar refractivity (Wildman–Crippen MR) is 101 cm³/mol. The van der Waals surface area contributed by atoms with Crippen molar-refractivity contribution in [2.45, 2.75) is 36.1 Å². The number of sulfonamides is 1. The van der Waals surface area contributed by atoms with Crippen LogP contribution in [0.3, 0.4) is 0 Å². The Balaban J connectivity index is 0.00000243. The third-order valence-electron chi connectivity index (χ3n) is 5.14. The van der Waals surface area contributed by atoms with Crippen LogP contribution in [0.4, 0.5) is 0 Å². The van der Waals surface area contributed by atoms with Gasteiger partial charge in [-0.1, -0.05) is 12.8 Å². The maximum absolute atomic E-state index is 12.7. The Bertz CT molecular complexity index is 725. The molecule has 2 fully saturated rings. The number of nitrogens with two attached hydrogens (primary N) is 1. The van der Waals surface area contributed by atoms with Crippen molar-refractivity contribution in [1.29, 1.82) is 0 Å². The van der Waals surface area contributed by atoms with Gasteiger partial charge in [0.2, 0.25) is 15.9 Å². The highest BCUT2D eigenvalue weighted by Crippen LogP contribution is 2.29. The van der Waals surface area contributed by atoms with Crippen molar-refractivity contribution < 1.29 is 17.9 Å². The molecule has 1 aliphatic carbocycles. The number of amides is 1. The summed E-state index contributed by atoms with van der Waals surface area (Å²) in [7, 11) is -2.03. The maximum Gasteiger partial charge on any atom is 0.243 e. The van der Waals surface area contributed by atoms with Crippen molar-refractivity contribution >= 4 is 28.3 Å². The minimum absolute atomic E-state index is 0. The van der Waals surface area contributed by atoms with Crippen molar-refractivity contribution in [2.24, 2.45) is 5.73 Å². The van der Waals surface area contributed by atoms with E-state index >= 15 is 0 Å². The van der Waals surface area contributed by atoms with E-state index in [4.69, 9.17) is 10.5 Å². The Morgan fingerprint density at radius 2 is 1.62 bits per heavy atom. The van der Waals surface area contributed by atoms with E-state index < -0.39 is 15.6 Å². The molecule has 146 valence electrons. The summed E-state index contributed by atoms with van der Waals surface area (Å²) < 4.78 is 32.0. The highest BCUT2D eigenvalue weighted by molar-refractivity contribution is 7.89. The number of hydrogen-bond donors (Lipinski definition) is 1. The van der Waals surface area contributed by atoms with Crippen LogP contribution in [-0.2, 0) is 14.8 Å². The largest absolute Gasteiger partial charge is 0.497 e. The normalized spacial score (nSPS) is 20.5. The number of rotatable bonds is 4. The third-order valence-corrected chi connectivity index (χ3v) is 7.06. The SMILES string of the molecule is COc1ccc(S(=O)(=O)N2CCN(C(=O)C3(N)CCCC3)CC2)cc1.Cl. The molecule has 1 saturated carbocycles. The Morgan fingerprint density at radius 1 is 1.08 bits per heavy atom. The van der Waals surface area contributed by atoms with E-state index in [1.54, 1.807) is 29.2 Å². The molecule has 1 heterocycles. The van der Waals surface area contributed by atoms with E-state index in [0.717, 1.165) is 25.7 Å². The van der Waals surface area contributed by atoms with Gasteiger partial charge in [-0.05, 0) is 37.1 Å². The van der Waals surface area contributed by atoms with Crippen LogP contribution in [0.2, 0.25) is 0 Å².